The van der Waals surface area contributed by atoms with Crippen molar-refractivity contribution in [2.45, 2.75) is 6.18 Å². The molecule has 0 unspecified atom stereocenters. The topological polar surface area (TPSA) is 55.1 Å². The van der Waals surface area contributed by atoms with E-state index in [9.17, 15) is 18.0 Å². The number of amides is 2. The van der Waals surface area contributed by atoms with Gasteiger partial charge in [-0.05, 0) is 24.2 Å². The minimum Gasteiger partial charge on any atom is -0.351 e. The van der Waals surface area contributed by atoms with Crippen molar-refractivity contribution in [1.29, 1.82) is 0 Å². The van der Waals surface area contributed by atoms with Crippen LogP contribution in [0.2, 0.25) is 0 Å². The van der Waals surface area contributed by atoms with Crippen LogP contribution in [0.1, 0.15) is 6.93 Å². The van der Waals surface area contributed by atoms with Gasteiger partial charge in [0.1, 0.15) is 0 Å². The van der Waals surface area contributed by atoms with Crippen molar-refractivity contribution in [3.8, 4) is 0 Å². The number of nitrogens with two attached hydrogens (primary N) is 1. The number of benzene rings is 1. The molecule has 76 valence electrons. The standard InChI is InChI=1S/C8H7F3N2O/c9-8(10,11)5-1-3-6(4-2-5)13-7(12)14/h1-4H,(H3,12,13,14)/i3D. The molecule has 1 rings (SSSR count). The zero-order valence-electron chi connectivity index (χ0n) is 7.85. The van der Waals surface area contributed by atoms with Crippen LogP contribution in [0.15, 0.2) is 24.2 Å². The number of urea groups is 1. The molecule has 0 saturated heterocycles. The minimum absolute atomic E-state index is 0.0597. The van der Waals surface area contributed by atoms with Crippen LogP contribution in [0.25, 0.3) is 0 Å². The number of hydrogen-bond acceptors (Lipinski definition) is 1. The Morgan fingerprint density at radius 3 is 2.50 bits per heavy atom. The van der Waals surface area contributed by atoms with Gasteiger partial charge < -0.3 is 11.1 Å². The van der Waals surface area contributed by atoms with E-state index in [1.54, 1.807) is 0 Å². The Bertz CT molecular complexity index is 392. The van der Waals surface area contributed by atoms with Gasteiger partial charge in [-0.25, -0.2) is 4.79 Å². The molecule has 0 atom stereocenters. The molecule has 14 heavy (non-hydrogen) atoms. The van der Waals surface area contributed by atoms with Crippen LogP contribution in [-0.2, 0) is 6.18 Å². The number of anilines is 1. The number of carbonyl (C=O) groups excluding carboxylic acids is 1. The number of primary amides is 1. The van der Waals surface area contributed by atoms with E-state index in [1.165, 1.54) is 0 Å². The Labute approximate surface area is 79.1 Å². The van der Waals surface area contributed by atoms with Crippen molar-refractivity contribution in [2.24, 2.45) is 5.73 Å². The first-order valence-electron chi connectivity index (χ1n) is 4.05. The van der Waals surface area contributed by atoms with E-state index in [0.29, 0.717) is 6.07 Å². The summed E-state index contributed by atoms with van der Waals surface area (Å²) in [4.78, 5) is 10.4. The second-order valence-electron chi connectivity index (χ2n) is 2.48. The highest BCUT2D eigenvalue weighted by molar-refractivity contribution is 5.87. The van der Waals surface area contributed by atoms with E-state index in [4.69, 9.17) is 7.10 Å². The summed E-state index contributed by atoms with van der Waals surface area (Å²) >= 11 is 0. The van der Waals surface area contributed by atoms with E-state index in [-0.39, 0.29) is 5.69 Å². The number of nitrogens with one attached hydrogen (secondary N) is 1. The highest BCUT2D eigenvalue weighted by Crippen LogP contribution is 2.29. The first-order valence-corrected chi connectivity index (χ1v) is 3.55. The molecule has 0 fully saturated rings. The molecule has 0 aliphatic carbocycles. The van der Waals surface area contributed by atoms with E-state index in [2.05, 4.69) is 0 Å². The quantitative estimate of drug-likeness (QED) is 0.725. The van der Waals surface area contributed by atoms with Crippen molar-refractivity contribution in [1.82, 2.24) is 0 Å². The molecule has 0 aliphatic rings. The lowest BCUT2D eigenvalue weighted by atomic mass is 10.2. The predicted octanol–water partition coefficient (Wildman–Crippen LogP) is 2.20. The van der Waals surface area contributed by atoms with Crippen LogP contribution in [0, 0.1) is 0 Å². The van der Waals surface area contributed by atoms with Gasteiger partial charge in [-0.15, -0.1) is 0 Å². The average Bonchev–Trinajstić information content (AvgIpc) is 2.05. The molecule has 0 heterocycles. The minimum atomic E-state index is -4.50. The van der Waals surface area contributed by atoms with Gasteiger partial charge in [0.05, 0.1) is 6.93 Å². The molecule has 0 bridgehead atoms. The molecule has 3 N–H and O–H groups in total. The molecule has 1 aromatic carbocycles. The highest BCUT2D eigenvalue weighted by atomic mass is 19.4. The summed E-state index contributed by atoms with van der Waals surface area (Å²) < 4.78 is 43.7. The number of alkyl halides is 3. The van der Waals surface area contributed by atoms with Gasteiger partial charge in [0.15, 0.2) is 0 Å². The van der Waals surface area contributed by atoms with E-state index >= 15 is 0 Å². The molecule has 2 amide bonds. The van der Waals surface area contributed by atoms with E-state index < -0.39 is 23.8 Å². The zero-order valence-corrected chi connectivity index (χ0v) is 6.85. The smallest absolute Gasteiger partial charge is 0.351 e. The predicted molar refractivity (Wildman–Crippen MR) is 44.7 cm³/mol. The molecule has 0 aromatic heterocycles. The Hall–Kier alpha value is -1.72. The van der Waals surface area contributed by atoms with Gasteiger partial charge in [-0.3, -0.25) is 0 Å². The van der Waals surface area contributed by atoms with Crippen molar-refractivity contribution in [2.75, 3.05) is 5.32 Å². The Morgan fingerprint density at radius 1 is 1.43 bits per heavy atom. The summed E-state index contributed by atoms with van der Waals surface area (Å²) in [6.07, 6.45) is -4.50. The fourth-order valence-corrected chi connectivity index (χ4v) is 0.812. The normalized spacial score (nSPS) is 12.1. The molecule has 1 aromatic rings. The number of halogens is 3. The van der Waals surface area contributed by atoms with Crippen LogP contribution >= 0.6 is 0 Å². The van der Waals surface area contributed by atoms with Gasteiger partial charge in [-0.2, -0.15) is 13.2 Å². The zero-order chi connectivity index (χ0) is 11.6. The summed E-state index contributed by atoms with van der Waals surface area (Å²) in [6, 6.07) is 0.997. The summed E-state index contributed by atoms with van der Waals surface area (Å²) in [5.41, 5.74) is 3.76. The molecule has 0 radical (unpaired) electrons. The largest absolute Gasteiger partial charge is 0.416 e. The molecule has 0 spiro atoms. The lowest BCUT2D eigenvalue weighted by Gasteiger charge is -2.07. The molecular formula is C8H7F3N2O. The van der Waals surface area contributed by atoms with Crippen LogP contribution < -0.4 is 11.1 Å². The first kappa shape index (κ1) is 8.86. The third-order valence-electron chi connectivity index (χ3n) is 1.40. The van der Waals surface area contributed by atoms with Crippen molar-refractivity contribution < 1.29 is 19.3 Å². The van der Waals surface area contributed by atoms with Gasteiger partial charge in [-0.1, -0.05) is 0 Å². The first-order chi connectivity index (χ1) is 6.80. The maximum atomic E-state index is 12.2. The maximum Gasteiger partial charge on any atom is 0.416 e. The number of carbonyl (C=O) groups is 1. The monoisotopic (exact) mass is 205 g/mol. The molecule has 0 aliphatic heterocycles. The fraction of sp³-hybridized carbons (Fsp3) is 0.125. The summed E-state index contributed by atoms with van der Waals surface area (Å²) in [7, 11) is 0. The number of hydrogen-bond donors (Lipinski definition) is 2. The maximum absolute atomic E-state index is 12.2. The Balaban J connectivity index is 3.03. The molecular weight excluding hydrogens is 197 g/mol. The molecule has 0 saturated carbocycles. The molecule has 3 nitrogen and oxygen atoms in total. The van der Waals surface area contributed by atoms with Crippen LogP contribution in [0.5, 0.6) is 0 Å². The van der Waals surface area contributed by atoms with Crippen LogP contribution in [0.4, 0.5) is 23.7 Å². The Morgan fingerprint density at radius 2 is 2.07 bits per heavy atom. The van der Waals surface area contributed by atoms with Gasteiger partial charge in [0.25, 0.3) is 0 Å². The van der Waals surface area contributed by atoms with Crippen molar-refractivity contribution >= 4 is 11.7 Å². The van der Waals surface area contributed by atoms with Gasteiger partial charge >= 0.3 is 12.2 Å². The average molecular weight is 205 g/mol. The van der Waals surface area contributed by atoms with E-state index in [0.717, 1.165) is 12.1 Å². The number of rotatable bonds is 1. The third kappa shape index (κ3) is 2.65. The highest BCUT2D eigenvalue weighted by Gasteiger charge is 2.29. The summed E-state index contributed by atoms with van der Waals surface area (Å²) in [5.74, 6) is 0. The third-order valence-corrected chi connectivity index (χ3v) is 1.40. The SMILES string of the molecule is [2H]c1cc(C(F)(F)F)ccc1NC(N)=O. The van der Waals surface area contributed by atoms with Gasteiger partial charge in [0.2, 0.25) is 0 Å². The summed E-state index contributed by atoms with van der Waals surface area (Å²) in [6.45, 7) is 0. The Kier molecular flexibility index (Phi) is 2.26. The second-order valence-corrected chi connectivity index (χ2v) is 2.48. The van der Waals surface area contributed by atoms with E-state index in [1.807, 2.05) is 5.32 Å². The van der Waals surface area contributed by atoms with Crippen molar-refractivity contribution in [3.63, 3.8) is 0 Å². The fourth-order valence-electron chi connectivity index (χ4n) is 0.812. The van der Waals surface area contributed by atoms with Crippen LogP contribution in [-0.4, -0.2) is 6.03 Å². The lowest BCUT2D eigenvalue weighted by molar-refractivity contribution is -0.137. The second kappa shape index (κ2) is 3.57. The summed E-state index contributed by atoms with van der Waals surface area (Å²) in [5, 5.41) is 2.04. The van der Waals surface area contributed by atoms with Crippen LogP contribution in [0.3, 0.4) is 0 Å². The van der Waals surface area contributed by atoms with Gasteiger partial charge in [0, 0.05) is 5.69 Å². The molecule has 6 heteroatoms. The lowest BCUT2D eigenvalue weighted by Crippen LogP contribution is -2.19. The van der Waals surface area contributed by atoms with Crippen molar-refractivity contribution in [3.05, 3.63) is 29.8 Å².